The second-order valence-corrected chi connectivity index (χ2v) is 3.83. The van der Waals surface area contributed by atoms with Crippen molar-refractivity contribution in [2.24, 2.45) is 0 Å². The van der Waals surface area contributed by atoms with E-state index in [-0.39, 0.29) is 11.0 Å². The normalized spacial score (nSPS) is 11.6. The first-order chi connectivity index (χ1) is 6.55. The first-order valence-corrected chi connectivity index (χ1v) is 4.97. The molecule has 0 radical (unpaired) electrons. The summed E-state index contributed by atoms with van der Waals surface area (Å²) in [5, 5.41) is 9.60. The molecule has 0 bridgehead atoms. The lowest BCUT2D eigenvalue weighted by Gasteiger charge is -2.27. The van der Waals surface area contributed by atoms with E-state index in [0.717, 1.165) is 17.6 Å². The zero-order chi connectivity index (χ0) is 10.8. The van der Waals surface area contributed by atoms with Crippen molar-refractivity contribution in [3.8, 4) is 0 Å². The summed E-state index contributed by atoms with van der Waals surface area (Å²) in [7, 11) is 0. The maximum atomic E-state index is 11.2. The van der Waals surface area contributed by atoms with Gasteiger partial charge in [-0.1, -0.05) is 26.8 Å². The summed E-state index contributed by atoms with van der Waals surface area (Å²) < 4.78 is 0.757. The highest BCUT2D eigenvalue weighted by Crippen LogP contribution is 2.29. The van der Waals surface area contributed by atoms with Crippen molar-refractivity contribution in [1.29, 1.82) is 0 Å². The molecule has 0 aromatic carbocycles. The second kappa shape index (κ2) is 3.86. The second-order valence-electron chi connectivity index (χ2n) is 3.83. The molecule has 0 unspecified atom stereocenters. The van der Waals surface area contributed by atoms with Gasteiger partial charge in [0.05, 0.1) is 5.69 Å². The molecule has 0 aliphatic rings. The van der Waals surface area contributed by atoms with Gasteiger partial charge in [-0.25, -0.2) is 0 Å². The number of aromatic nitrogens is 1. The van der Waals surface area contributed by atoms with Crippen LogP contribution in [0.4, 0.5) is 0 Å². The van der Waals surface area contributed by atoms with Gasteiger partial charge in [0.2, 0.25) is 0 Å². The van der Waals surface area contributed by atoms with Gasteiger partial charge in [0.25, 0.3) is 5.56 Å². The van der Waals surface area contributed by atoms with E-state index < -0.39 is 0 Å². The van der Waals surface area contributed by atoms with Gasteiger partial charge in [-0.3, -0.25) is 4.79 Å². The Kier molecular flexibility index (Phi) is 2.99. The maximum Gasteiger partial charge on any atom is 0.283 e. The number of nitrogens with zero attached hydrogens (tertiary/aromatic N) is 1. The van der Waals surface area contributed by atoms with Crippen LogP contribution in [0.2, 0.25) is 0 Å². The van der Waals surface area contributed by atoms with Crippen LogP contribution in [-0.2, 0) is 5.41 Å². The fraction of sp³-hybridized carbons (Fsp3) is 0.545. The van der Waals surface area contributed by atoms with E-state index in [2.05, 4.69) is 20.8 Å². The molecule has 1 N–H and O–H groups in total. The van der Waals surface area contributed by atoms with Crippen molar-refractivity contribution < 1.29 is 5.21 Å². The summed E-state index contributed by atoms with van der Waals surface area (Å²) in [6.07, 6.45) is 1.79. The Balaban J connectivity index is 3.31. The molecule has 0 fully saturated rings. The molecule has 0 amide bonds. The van der Waals surface area contributed by atoms with Gasteiger partial charge < -0.3 is 5.21 Å². The minimum absolute atomic E-state index is 0.130. The number of hydrogen-bond acceptors (Lipinski definition) is 2. The van der Waals surface area contributed by atoms with Crippen LogP contribution < -0.4 is 5.56 Å². The van der Waals surface area contributed by atoms with E-state index in [4.69, 9.17) is 0 Å². The third-order valence-corrected chi connectivity index (χ3v) is 3.11. The zero-order valence-electron chi connectivity index (χ0n) is 8.95. The summed E-state index contributed by atoms with van der Waals surface area (Å²) in [5.41, 5.74) is 0.195. The molecular weight excluding hydrogens is 178 g/mol. The molecule has 3 nitrogen and oxygen atoms in total. The lowest BCUT2D eigenvalue weighted by atomic mass is 9.81. The van der Waals surface area contributed by atoms with Crippen LogP contribution in [0.1, 0.15) is 39.3 Å². The van der Waals surface area contributed by atoms with Crippen molar-refractivity contribution in [3.05, 3.63) is 34.2 Å². The Morgan fingerprint density at radius 3 is 2.43 bits per heavy atom. The molecule has 0 spiro atoms. The highest BCUT2D eigenvalue weighted by Gasteiger charge is 2.25. The summed E-state index contributed by atoms with van der Waals surface area (Å²) in [6, 6.07) is 4.84. The van der Waals surface area contributed by atoms with E-state index in [1.807, 2.05) is 0 Å². The van der Waals surface area contributed by atoms with Gasteiger partial charge in [0, 0.05) is 11.5 Å². The highest BCUT2D eigenvalue weighted by atomic mass is 16.5. The molecule has 3 heteroatoms. The smallest absolute Gasteiger partial charge is 0.283 e. The molecule has 78 valence electrons. The van der Waals surface area contributed by atoms with Gasteiger partial charge >= 0.3 is 0 Å². The summed E-state index contributed by atoms with van der Waals surface area (Å²) >= 11 is 0. The SMILES string of the molecule is CCC(C)(CC)c1cccc(=O)n1O. The Morgan fingerprint density at radius 2 is 1.93 bits per heavy atom. The minimum Gasteiger partial charge on any atom is -0.425 e. The number of hydrogen-bond donors (Lipinski definition) is 1. The Labute approximate surface area is 84.0 Å². The Morgan fingerprint density at radius 1 is 1.36 bits per heavy atom. The standard InChI is InChI=1S/C11H17NO2/c1-4-11(3,5-2)9-7-6-8-10(13)12(9)14/h6-8,14H,4-5H2,1-3H3. The Hall–Kier alpha value is -1.25. The average Bonchev–Trinajstić information content (AvgIpc) is 2.21. The van der Waals surface area contributed by atoms with Crippen LogP contribution in [0.5, 0.6) is 0 Å². The van der Waals surface area contributed by atoms with Crippen LogP contribution in [0.25, 0.3) is 0 Å². The average molecular weight is 195 g/mol. The van der Waals surface area contributed by atoms with Crippen molar-refractivity contribution >= 4 is 0 Å². The van der Waals surface area contributed by atoms with Crippen LogP contribution in [-0.4, -0.2) is 9.94 Å². The van der Waals surface area contributed by atoms with E-state index in [1.54, 1.807) is 12.1 Å². The third-order valence-electron chi connectivity index (χ3n) is 3.11. The number of rotatable bonds is 3. The molecule has 0 saturated heterocycles. The number of pyridine rings is 1. The van der Waals surface area contributed by atoms with E-state index in [9.17, 15) is 10.0 Å². The van der Waals surface area contributed by atoms with Crippen LogP contribution in [0, 0.1) is 0 Å². The van der Waals surface area contributed by atoms with Gasteiger partial charge in [-0.15, -0.1) is 0 Å². The molecule has 1 aromatic rings. The lowest BCUT2D eigenvalue weighted by Crippen LogP contribution is -2.30. The minimum atomic E-state index is -0.365. The van der Waals surface area contributed by atoms with E-state index in [1.165, 1.54) is 6.07 Å². The van der Waals surface area contributed by atoms with Crippen LogP contribution in [0.3, 0.4) is 0 Å². The first-order valence-electron chi connectivity index (χ1n) is 4.97. The predicted octanol–water partition coefficient (Wildman–Crippen LogP) is 2.16. The summed E-state index contributed by atoms with van der Waals surface area (Å²) in [5.74, 6) is 0. The lowest BCUT2D eigenvalue weighted by molar-refractivity contribution is 0.148. The molecule has 0 aliphatic carbocycles. The molecule has 1 rings (SSSR count). The molecule has 1 aromatic heterocycles. The van der Waals surface area contributed by atoms with Crippen molar-refractivity contribution in [1.82, 2.24) is 4.73 Å². The van der Waals surface area contributed by atoms with Crippen molar-refractivity contribution in [2.45, 2.75) is 39.0 Å². The topological polar surface area (TPSA) is 42.2 Å². The van der Waals surface area contributed by atoms with Crippen molar-refractivity contribution in [2.75, 3.05) is 0 Å². The maximum absolute atomic E-state index is 11.2. The summed E-state index contributed by atoms with van der Waals surface area (Å²) in [4.78, 5) is 11.2. The van der Waals surface area contributed by atoms with Crippen LogP contribution >= 0.6 is 0 Å². The van der Waals surface area contributed by atoms with Crippen molar-refractivity contribution in [3.63, 3.8) is 0 Å². The Bertz CT molecular complexity index is 364. The predicted molar refractivity (Wildman–Crippen MR) is 55.8 cm³/mol. The van der Waals surface area contributed by atoms with Gasteiger partial charge in [0.15, 0.2) is 0 Å². The van der Waals surface area contributed by atoms with E-state index >= 15 is 0 Å². The monoisotopic (exact) mass is 195 g/mol. The van der Waals surface area contributed by atoms with Gasteiger partial charge in [0.1, 0.15) is 0 Å². The van der Waals surface area contributed by atoms with Crippen LogP contribution in [0.15, 0.2) is 23.0 Å². The zero-order valence-corrected chi connectivity index (χ0v) is 8.95. The van der Waals surface area contributed by atoms with Gasteiger partial charge in [-0.2, -0.15) is 4.73 Å². The molecule has 0 aliphatic heterocycles. The van der Waals surface area contributed by atoms with Gasteiger partial charge in [-0.05, 0) is 18.9 Å². The largest absolute Gasteiger partial charge is 0.425 e. The quantitative estimate of drug-likeness (QED) is 0.751. The molecule has 0 saturated carbocycles. The fourth-order valence-electron chi connectivity index (χ4n) is 1.55. The molecule has 14 heavy (non-hydrogen) atoms. The third kappa shape index (κ3) is 1.67. The van der Waals surface area contributed by atoms with E-state index in [0.29, 0.717) is 5.69 Å². The first kappa shape index (κ1) is 10.8. The molecule has 0 atom stereocenters. The highest BCUT2D eigenvalue weighted by molar-refractivity contribution is 5.16. The summed E-state index contributed by atoms with van der Waals surface area (Å²) in [6.45, 7) is 6.16. The molecule has 1 heterocycles. The molecular formula is C11H17NO2. The fourth-order valence-corrected chi connectivity index (χ4v) is 1.55.